The molecule has 24 heavy (non-hydrogen) atoms. The molecular weight excluding hydrogens is 300 g/mol. The molecule has 126 valence electrons. The summed E-state index contributed by atoms with van der Waals surface area (Å²) in [7, 11) is 1.69. The summed E-state index contributed by atoms with van der Waals surface area (Å²) in [6.07, 6.45) is 0.200. The molecule has 0 radical (unpaired) electrons. The highest BCUT2D eigenvalue weighted by molar-refractivity contribution is 5.52. The minimum atomic E-state index is -0.467. The number of piperazine rings is 1. The van der Waals surface area contributed by atoms with Crippen molar-refractivity contribution in [2.45, 2.75) is 18.1 Å². The molecule has 2 aromatic carbocycles. The summed E-state index contributed by atoms with van der Waals surface area (Å²) in [5.74, 6) is 0.852. The number of nitrogens with one attached hydrogen (secondary N) is 1. The van der Waals surface area contributed by atoms with Crippen molar-refractivity contribution in [3.05, 3.63) is 65.2 Å². The van der Waals surface area contributed by atoms with Gasteiger partial charge in [-0.25, -0.2) is 0 Å². The average Bonchev–Trinajstić information content (AvgIpc) is 2.94. The van der Waals surface area contributed by atoms with Gasteiger partial charge in [-0.1, -0.05) is 36.4 Å². The zero-order valence-corrected chi connectivity index (χ0v) is 14.0. The number of methoxy groups -OCH3 is 1. The molecule has 1 aliphatic carbocycles. The second-order valence-electron chi connectivity index (χ2n) is 6.61. The Bertz CT molecular complexity index is 713. The van der Waals surface area contributed by atoms with Gasteiger partial charge in [-0.2, -0.15) is 0 Å². The van der Waals surface area contributed by atoms with Crippen molar-refractivity contribution < 1.29 is 9.84 Å². The summed E-state index contributed by atoms with van der Waals surface area (Å²) in [5.41, 5.74) is 3.10. The van der Waals surface area contributed by atoms with Gasteiger partial charge >= 0.3 is 0 Å². The van der Waals surface area contributed by atoms with E-state index >= 15 is 0 Å². The van der Waals surface area contributed by atoms with E-state index in [1.807, 2.05) is 12.1 Å². The zero-order valence-electron chi connectivity index (χ0n) is 14.0. The van der Waals surface area contributed by atoms with Crippen LogP contribution in [0.4, 0.5) is 0 Å². The van der Waals surface area contributed by atoms with Crippen LogP contribution < -0.4 is 10.1 Å². The van der Waals surface area contributed by atoms with Crippen molar-refractivity contribution in [3.8, 4) is 5.75 Å². The lowest BCUT2D eigenvalue weighted by Gasteiger charge is -2.46. The molecule has 0 amide bonds. The Morgan fingerprint density at radius 3 is 2.58 bits per heavy atom. The van der Waals surface area contributed by atoms with E-state index in [0.29, 0.717) is 6.42 Å². The fourth-order valence-corrected chi connectivity index (χ4v) is 4.39. The quantitative estimate of drug-likeness (QED) is 0.903. The van der Waals surface area contributed by atoms with Gasteiger partial charge in [-0.3, -0.25) is 4.90 Å². The van der Waals surface area contributed by atoms with E-state index in [2.05, 4.69) is 46.6 Å². The number of ether oxygens (including phenoxy) is 1. The maximum atomic E-state index is 11.2. The minimum Gasteiger partial charge on any atom is -0.497 e. The lowest BCUT2D eigenvalue weighted by molar-refractivity contribution is -0.00368. The standard InChI is InChI=1S/C20H24N2O2/c1-24-17-7-8-18-15(13-17)14-19(23)20(18,16-5-3-2-4-6-16)22-11-9-21-10-12-22/h2-8,13,19,21,23H,9-12,14H2,1H3. The Morgan fingerprint density at radius 1 is 1.12 bits per heavy atom. The molecule has 1 fully saturated rings. The third kappa shape index (κ3) is 2.25. The summed E-state index contributed by atoms with van der Waals surface area (Å²) in [6.45, 7) is 3.76. The van der Waals surface area contributed by atoms with Gasteiger partial charge in [-0.05, 0) is 28.8 Å². The molecule has 1 heterocycles. The lowest BCUT2D eigenvalue weighted by Crippen LogP contribution is -2.58. The first kappa shape index (κ1) is 15.6. The predicted octanol–water partition coefficient (Wildman–Crippen LogP) is 1.76. The number of hydrogen-bond acceptors (Lipinski definition) is 4. The SMILES string of the molecule is COc1ccc2c(c1)CC(O)C2(c1ccccc1)N1CCNCC1. The van der Waals surface area contributed by atoms with Gasteiger partial charge in [0.15, 0.2) is 0 Å². The molecule has 4 nitrogen and oxygen atoms in total. The molecule has 4 heteroatoms. The maximum Gasteiger partial charge on any atom is 0.119 e. The Balaban J connectivity index is 1.91. The van der Waals surface area contributed by atoms with Crippen molar-refractivity contribution in [1.29, 1.82) is 0 Å². The number of hydrogen-bond donors (Lipinski definition) is 2. The van der Waals surface area contributed by atoms with E-state index in [9.17, 15) is 5.11 Å². The van der Waals surface area contributed by atoms with Crippen molar-refractivity contribution in [2.24, 2.45) is 0 Å². The van der Waals surface area contributed by atoms with Crippen molar-refractivity contribution >= 4 is 0 Å². The Hall–Kier alpha value is -1.88. The van der Waals surface area contributed by atoms with E-state index in [1.165, 1.54) is 16.7 Å². The summed E-state index contributed by atoms with van der Waals surface area (Å²) in [4.78, 5) is 2.45. The van der Waals surface area contributed by atoms with Gasteiger partial charge in [-0.15, -0.1) is 0 Å². The van der Waals surface area contributed by atoms with Crippen molar-refractivity contribution in [1.82, 2.24) is 10.2 Å². The Kier molecular flexibility index (Phi) is 4.04. The number of benzene rings is 2. The molecule has 1 saturated heterocycles. The van der Waals surface area contributed by atoms with E-state index in [-0.39, 0.29) is 0 Å². The predicted molar refractivity (Wildman–Crippen MR) is 94.4 cm³/mol. The Labute approximate surface area is 143 Å². The molecule has 2 atom stereocenters. The van der Waals surface area contributed by atoms with Crippen LogP contribution in [-0.4, -0.2) is 49.4 Å². The van der Waals surface area contributed by atoms with Crippen LogP contribution >= 0.6 is 0 Å². The molecule has 2 N–H and O–H groups in total. The van der Waals surface area contributed by atoms with Crippen LogP contribution in [-0.2, 0) is 12.0 Å². The average molecular weight is 324 g/mol. The fraction of sp³-hybridized carbons (Fsp3) is 0.400. The van der Waals surface area contributed by atoms with E-state index < -0.39 is 11.6 Å². The van der Waals surface area contributed by atoms with Crippen molar-refractivity contribution in [2.75, 3.05) is 33.3 Å². The zero-order chi connectivity index (χ0) is 16.6. The normalized spacial score (nSPS) is 27.0. The molecular formula is C20H24N2O2. The smallest absolute Gasteiger partial charge is 0.119 e. The van der Waals surface area contributed by atoms with Crippen LogP contribution in [0.15, 0.2) is 48.5 Å². The molecule has 2 aliphatic rings. The molecule has 4 rings (SSSR count). The first-order valence-corrected chi connectivity index (χ1v) is 8.63. The van der Waals surface area contributed by atoms with E-state index in [1.54, 1.807) is 7.11 Å². The van der Waals surface area contributed by atoms with Crippen LogP contribution in [0.3, 0.4) is 0 Å². The van der Waals surface area contributed by atoms with E-state index in [0.717, 1.165) is 31.9 Å². The van der Waals surface area contributed by atoms with Crippen LogP contribution in [0.25, 0.3) is 0 Å². The molecule has 2 unspecified atom stereocenters. The fourth-order valence-electron chi connectivity index (χ4n) is 4.39. The number of aliphatic hydroxyl groups is 1. The number of nitrogens with zero attached hydrogens (tertiary/aromatic N) is 1. The van der Waals surface area contributed by atoms with Gasteiger partial charge in [0.1, 0.15) is 5.75 Å². The third-order valence-corrected chi connectivity index (χ3v) is 5.45. The monoisotopic (exact) mass is 324 g/mol. The highest BCUT2D eigenvalue weighted by Gasteiger charge is 2.51. The summed E-state index contributed by atoms with van der Waals surface area (Å²) in [5, 5.41) is 14.6. The van der Waals surface area contributed by atoms with Gasteiger partial charge in [0.05, 0.1) is 18.8 Å². The molecule has 2 aromatic rings. The number of fused-ring (bicyclic) bond motifs is 1. The summed E-state index contributed by atoms with van der Waals surface area (Å²) >= 11 is 0. The second kappa shape index (κ2) is 6.20. The third-order valence-electron chi connectivity index (χ3n) is 5.45. The molecule has 0 aromatic heterocycles. The van der Waals surface area contributed by atoms with Gasteiger partial charge in [0.2, 0.25) is 0 Å². The summed E-state index contributed by atoms with van der Waals surface area (Å²) in [6, 6.07) is 16.7. The topological polar surface area (TPSA) is 44.7 Å². The first-order chi connectivity index (χ1) is 11.8. The first-order valence-electron chi connectivity index (χ1n) is 8.63. The highest BCUT2D eigenvalue weighted by Crippen LogP contribution is 2.47. The van der Waals surface area contributed by atoms with Gasteiger partial charge in [0, 0.05) is 32.6 Å². The highest BCUT2D eigenvalue weighted by atomic mass is 16.5. The number of rotatable bonds is 3. The van der Waals surface area contributed by atoms with Crippen LogP contribution in [0.2, 0.25) is 0 Å². The molecule has 0 saturated carbocycles. The maximum absolute atomic E-state index is 11.2. The molecule has 1 aliphatic heterocycles. The number of aliphatic hydroxyl groups excluding tert-OH is 1. The summed E-state index contributed by atoms with van der Waals surface area (Å²) < 4.78 is 5.39. The largest absolute Gasteiger partial charge is 0.497 e. The van der Waals surface area contributed by atoms with E-state index in [4.69, 9.17) is 4.74 Å². The Morgan fingerprint density at radius 2 is 1.88 bits per heavy atom. The second-order valence-corrected chi connectivity index (χ2v) is 6.61. The van der Waals surface area contributed by atoms with Crippen LogP contribution in [0.5, 0.6) is 5.75 Å². The minimum absolute atomic E-state index is 0.458. The van der Waals surface area contributed by atoms with Crippen molar-refractivity contribution in [3.63, 3.8) is 0 Å². The van der Waals surface area contributed by atoms with Crippen LogP contribution in [0, 0.1) is 0 Å². The molecule has 0 spiro atoms. The van der Waals surface area contributed by atoms with Gasteiger partial charge < -0.3 is 15.2 Å². The van der Waals surface area contributed by atoms with Gasteiger partial charge in [0.25, 0.3) is 0 Å². The lowest BCUT2D eigenvalue weighted by atomic mass is 9.80. The van der Waals surface area contributed by atoms with Crippen LogP contribution in [0.1, 0.15) is 16.7 Å². The molecule has 0 bridgehead atoms.